The van der Waals surface area contributed by atoms with Crippen molar-refractivity contribution < 1.29 is 18.7 Å². The molecule has 0 bridgehead atoms. The lowest BCUT2D eigenvalue weighted by molar-refractivity contribution is 0.0594. The van der Waals surface area contributed by atoms with Crippen molar-refractivity contribution in [2.75, 3.05) is 7.11 Å². The van der Waals surface area contributed by atoms with Crippen LogP contribution in [-0.4, -0.2) is 18.1 Å². The summed E-state index contributed by atoms with van der Waals surface area (Å²) in [5, 5.41) is 0. The molecule has 126 valence electrons. The first kappa shape index (κ1) is 16.6. The Balaban J connectivity index is 1.72. The highest BCUT2D eigenvalue weighted by Gasteiger charge is 2.09. The Labute approximate surface area is 144 Å². The maximum absolute atomic E-state index is 13.6. The number of pyridine rings is 1. The van der Waals surface area contributed by atoms with Gasteiger partial charge in [0, 0.05) is 11.1 Å². The van der Waals surface area contributed by atoms with Crippen LogP contribution in [0, 0.1) is 5.82 Å². The second-order valence-corrected chi connectivity index (χ2v) is 5.30. The summed E-state index contributed by atoms with van der Waals surface area (Å²) < 4.78 is 23.9. The van der Waals surface area contributed by atoms with Gasteiger partial charge in [0.05, 0.1) is 12.8 Å². The van der Waals surface area contributed by atoms with Gasteiger partial charge in [0.1, 0.15) is 23.9 Å². The van der Waals surface area contributed by atoms with E-state index in [1.807, 2.05) is 18.2 Å². The predicted molar refractivity (Wildman–Crippen MR) is 91.7 cm³/mol. The van der Waals surface area contributed by atoms with Crippen molar-refractivity contribution >= 4 is 5.97 Å². The molecule has 0 N–H and O–H groups in total. The number of methoxy groups -OCH3 is 1. The number of hydrogen-bond acceptors (Lipinski definition) is 4. The molecule has 3 rings (SSSR count). The topological polar surface area (TPSA) is 48.4 Å². The molecule has 2 aromatic carbocycles. The van der Waals surface area contributed by atoms with Gasteiger partial charge in [-0.3, -0.25) is 0 Å². The summed E-state index contributed by atoms with van der Waals surface area (Å²) in [6.07, 6.45) is 0. The standard InChI is InChI=1S/C20H16FNO3/c1-24-20(23)19-8-4-7-18(22-19)14-9-11-16(12-10-14)25-13-15-5-2-3-6-17(15)21/h2-12H,13H2,1H3. The molecule has 0 amide bonds. The van der Waals surface area contributed by atoms with Crippen LogP contribution in [0.15, 0.2) is 66.7 Å². The largest absolute Gasteiger partial charge is 0.489 e. The van der Waals surface area contributed by atoms with E-state index in [0.717, 1.165) is 5.56 Å². The van der Waals surface area contributed by atoms with Crippen LogP contribution in [0.2, 0.25) is 0 Å². The van der Waals surface area contributed by atoms with Gasteiger partial charge in [-0.05, 0) is 42.5 Å². The van der Waals surface area contributed by atoms with E-state index in [9.17, 15) is 9.18 Å². The normalized spacial score (nSPS) is 10.3. The molecule has 0 aliphatic rings. The highest BCUT2D eigenvalue weighted by Crippen LogP contribution is 2.22. The van der Waals surface area contributed by atoms with Gasteiger partial charge in [0.2, 0.25) is 0 Å². The van der Waals surface area contributed by atoms with E-state index in [2.05, 4.69) is 9.72 Å². The molecule has 3 aromatic rings. The number of rotatable bonds is 5. The van der Waals surface area contributed by atoms with Gasteiger partial charge in [0.15, 0.2) is 0 Å². The van der Waals surface area contributed by atoms with E-state index in [1.54, 1.807) is 42.5 Å². The summed E-state index contributed by atoms with van der Waals surface area (Å²) in [5.74, 6) is -0.147. The number of carbonyl (C=O) groups excluding carboxylic acids is 1. The van der Waals surface area contributed by atoms with Gasteiger partial charge in [0.25, 0.3) is 0 Å². The van der Waals surface area contributed by atoms with Crippen LogP contribution in [0.3, 0.4) is 0 Å². The van der Waals surface area contributed by atoms with Gasteiger partial charge in [-0.15, -0.1) is 0 Å². The first-order chi connectivity index (χ1) is 12.2. The van der Waals surface area contributed by atoms with Crippen LogP contribution in [0.25, 0.3) is 11.3 Å². The molecule has 1 heterocycles. The Hall–Kier alpha value is -3.21. The SMILES string of the molecule is COC(=O)c1cccc(-c2ccc(OCc3ccccc3F)cc2)n1. The second kappa shape index (κ2) is 7.57. The molecular weight excluding hydrogens is 321 g/mol. The number of carbonyl (C=O) groups is 1. The molecule has 0 fully saturated rings. The molecule has 0 unspecified atom stereocenters. The first-order valence-corrected chi connectivity index (χ1v) is 7.69. The fourth-order valence-electron chi connectivity index (χ4n) is 2.31. The molecule has 0 radical (unpaired) electrons. The highest BCUT2D eigenvalue weighted by atomic mass is 19.1. The summed E-state index contributed by atoms with van der Waals surface area (Å²) in [6.45, 7) is 0.155. The molecule has 0 saturated heterocycles. The third kappa shape index (κ3) is 4.01. The van der Waals surface area contributed by atoms with Crippen LogP contribution in [0.5, 0.6) is 5.75 Å². The van der Waals surface area contributed by atoms with Crippen molar-refractivity contribution in [2.24, 2.45) is 0 Å². The fourth-order valence-corrected chi connectivity index (χ4v) is 2.31. The van der Waals surface area contributed by atoms with Gasteiger partial charge in [-0.2, -0.15) is 0 Å². The molecule has 5 heteroatoms. The molecular formula is C20H16FNO3. The Bertz CT molecular complexity index is 878. The maximum atomic E-state index is 13.6. The quantitative estimate of drug-likeness (QED) is 0.653. The lowest BCUT2D eigenvalue weighted by Gasteiger charge is -2.08. The summed E-state index contributed by atoms with van der Waals surface area (Å²) in [7, 11) is 1.32. The zero-order valence-corrected chi connectivity index (χ0v) is 13.6. The molecule has 0 spiro atoms. The third-order valence-electron chi connectivity index (χ3n) is 3.65. The zero-order valence-electron chi connectivity index (χ0n) is 13.6. The number of benzene rings is 2. The van der Waals surface area contributed by atoms with Gasteiger partial charge in [-0.25, -0.2) is 14.2 Å². The average Bonchev–Trinajstić information content (AvgIpc) is 2.67. The third-order valence-corrected chi connectivity index (χ3v) is 3.65. The molecule has 25 heavy (non-hydrogen) atoms. The van der Waals surface area contributed by atoms with E-state index < -0.39 is 5.97 Å². The summed E-state index contributed by atoms with van der Waals surface area (Å²) >= 11 is 0. The minimum Gasteiger partial charge on any atom is -0.489 e. The average molecular weight is 337 g/mol. The summed E-state index contributed by atoms with van der Waals surface area (Å²) in [5.41, 5.74) is 2.24. The van der Waals surface area contributed by atoms with E-state index in [4.69, 9.17) is 4.74 Å². The van der Waals surface area contributed by atoms with Gasteiger partial charge < -0.3 is 9.47 Å². The molecule has 1 aromatic heterocycles. The Morgan fingerprint density at radius 2 is 1.76 bits per heavy atom. The van der Waals surface area contributed by atoms with Crippen molar-refractivity contribution in [2.45, 2.75) is 6.61 Å². The smallest absolute Gasteiger partial charge is 0.356 e. The van der Waals surface area contributed by atoms with E-state index in [1.165, 1.54) is 13.2 Å². The second-order valence-electron chi connectivity index (χ2n) is 5.30. The van der Waals surface area contributed by atoms with Crippen molar-refractivity contribution in [1.82, 2.24) is 4.98 Å². The monoisotopic (exact) mass is 337 g/mol. The minimum absolute atomic E-state index is 0.155. The van der Waals surface area contributed by atoms with E-state index >= 15 is 0 Å². The van der Waals surface area contributed by atoms with Crippen LogP contribution in [0.1, 0.15) is 16.1 Å². The zero-order chi connectivity index (χ0) is 17.6. The van der Waals surface area contributed by atoms with Crippen LogP contribution in [-0.2, 0) is 11.3 Å². The first-order valence-electron chi connectivity index (χ1n) is 7.69. The number of ether oxygens (including phenoxy) is 2. The van der Waals surface area contributed by atoms with Crippen LogP contribution in [0.4, 0.5) is 4.39 Å². The van der Waals surface area contributed by atoms with Crippen molar-refractivity contribution in [3.8, 4) is 17.0 Å². The Morgan fingerprint density at radius 3 is 2.48 bits per heavy atom. The van der Waals surface area contributed by atoms with Gasteiger partial charge >= 0.3 is 5.97 Å². The Kier molecular flexibility index (Phi) is 5.04. The van der Waals surface area contributed by atoms with Crippen molar-refractivity contribution in [3.63, 3.8) is 0 Å². The maximum Gasteiger partial charge on any atom is 0.356 e. The molecule has 0 saturated carbocycles. The lowest BCUT2D eigenvalue weighted by Crippen LogP contribution is -2.04. The summed E-state index contributed by atoms with van der Waals surface area (Å²) in [6, 6.07) is 18.9. The molecule has 0 atom stereocenters. The Morgan fingerprint density at radius 1 is 1.00 bits per heavy atom. The van der Waals surface area contributed by atoms with E-state index in [0.29, 0.717) is 17.0 Å². The van der Waals surface area contributed by atoms with Crippen LogP contribution >= 0.6 is 0 Å². The lowest BCUT2D eigenvalue weighted by atomic mass is 10.1. The predicted octanol–water partition coefficient (Wildman–Crippen LogP) is 4.25. The van der Waals surface area contributed by atoms with Crippen LogP contribution < -0.4 is 4.74 Å². The number of halogens is 1. The summed E-state index contributed by atoms with van der Waals surface area (Å²) in [4.78, 5) is 15.8. The highest BCUT2D eigenvalue weighted by molar-refractivity contribution is 5.87. The molecule has 0 aliphatic carbocycles. The fraction of sp³-hybridized carbons (Fsp3) is 0.100. The molecule has 4 nitrogen and oxygen atoms in total. The number of nitrogens with zero attached hydrogens (tertiary/aromatic N) is 1. The van der Waals surface area contributed by atoms with E-state index in [-0.39, 0.29) is 18.1 Å². The minimum atomic E-state index is -0.480. The number of hydrogen-bond donors (Lipinski definition) is 0. The number of esters is 1. The number of aromatic nitrogens is 1. The van der Waals surface area contributed by atoms with Gasteiger partial charge in [-0.1, -0.05) is 24.3 Å². The van der Waals surface area contributed by atoms with Crippen molar-refractivity contribution in [1.29, 1.82) is 0 Å². The molecule has 0 aliphatic heterocycles. The van der Waals surface area contributed by atoms with Crippen molar-refractivity contribution in [3.05, 3.63) is 83.8 Å².